The third kappa shape index (κ3) is 4.43. The summed E-state index contributed by atoms with van der Waals surface area (Å²) in [6, 6.07) is 6.35. The molecule has 4 nitrogen and oxygen atoms in total. The topological polar surface area (TPSA) is 54.0 Å². The van der Waals surface area contributed by atoms with Crippen LogP contribution in [0.5, 0.6) is 0 Å². The summed E-state index contributed by atoms with van der Waals surface area (Å²) in [5.74, 6) is 1.05. The van der Waals surface area contributed by atoms with Crippen LogP contribution in [0.2, 0.25) is 0 Å². The number of carbonyl (C=O) groups excluding carboxylic acids is 1. The predicted molar refractivity (Wildman–Crippen MR) is 67.9 cm³/mol. The van der Waals surface area contributed by atoms with E-state index < -0.39 is 0 Å². The van der Waals surface area contributed by atoms with Gasteiger partial charge in [0, 0.05) is 24.7 Å². The van der Waals surface area contributed by atoms with Crippen LogP contribution in [-0.2, 0) is 4.79 Å². The van der Waals surface area contributed by atoms with Crippen LogP contribution >= 0.6 is 0 Å². The Morgan fingerprint density at radius 2 is 2.29 bits per heavy atom. The zero-order valence-electron chi connectivity index (χ0n) is 10.2. The van der Waals surface area contributed by atoms with E-state index in [1.165, 1.54) is 0 Å². The van der Waals surface area contributed by atoms with Gasteiger partial charge < -0.3 is 10.6 Å². The molecule has 1 saturated carbocycles. The van der Waals surface area contributed by atoms with Crippen molar-refractivity contribution in [3.05, 3.63) is 23.9 Å². The molecule has 1 aliphatic rings. The molecule has 1 fully saturated rings. The van der Waals surface area contributed by atoms with Crippen molar-refractivity contribution in [2.45, 2.75) is 38.6 Å². The summed E-state index contributed by atoms with van der Waals surface area (Å²) in [6.45, 7) is 2.75. The van der Waals surface area contributed by atoms with Gasteiger partial charge in [-0.05, 0) is 38.3 Å². The number of pyridine rings is 1. The molecule has 1 aromatic rings. The maximum Gasteiger partial charge on any atom is 0.220 e. The molecule has 1 heterocycles. The maximum absolute atomic E-state index is 11.4. The van der Waals surface area contributed by atoms with Crippen molar-refractivity contribution in [1.82, 2.24) is 10.3 Å². The number of nitrogens with one attached hydrogen (secondary N) is 2. The highest BCUT2D eigenvalue weighted by Crippen LogP contribution is 2.18. The Labute approximate surface area is 102 Å². The van der Waals surface area contributed by atoms with Crippen molar-refractivity contribution in [2.24, 2.45) is 0 Å². The van der Waals surface area contributed by atoms with Gasteiger partial charge in [0.15, 0.2) is 0 Å². The lowest BCUT2D eigenvalue weighted by molar-refractivity contribution is -0.121. The summed E-state index contributed by atoms with van der Waals surface area (Å²) in [4.78, 5) is 15.7. The summed E-state index contributed by atoms with van der Waals surface area (Å²) in [5.41, 5.74) is 1.00. The summed E-state index contributed by atoms with van der Waals surface area (Å²) in [5, 5.41) is 6.20. The minimum absolute atomic E-state index is 0.173. The van der Waals surface area contributed by atoms with E-state index in [2.05, 4.69) is 15.6 Å². The van der Waals surface area contributed by atoms with Gasteiger partial charge in [-0.25, -0.2) is 4.98 Å². The van der Waals surface area contributed by atoms with E-state index in [0.29, 0.717) is 12.5 Å². The normalized spacial score (nSPS) is 14.4. The first-order chi connectivity index (χ1) is 8.24. The van der Waals surface area contributed by atoms with E-state index in [1.54, 1.807) is 0 Å². The van der Waals surface area contributed by atoms with Crippen LogP contribution in [0.25, 0.3) is 0 Å². The van der Waals surface area contributed by atoms with E-state index in [9.17, 15) is 4.79 Å². The molecule has 0 bridgehead atoms. The van der Waals surface area contributed by atoms with Crippen molar-refractivity contribution in [2.75, 3.05) is 11.9 Å². The average molecular weight is 233 g/mol. The van der Waals surface area contributed by atoms with Crippen molar-refractivity contribution < 1.29 is 4.79 Å². The number of amides is 1. The van der Waals surface area contributed by atoms with E-state index in [4.69, 9.17) is 0 Å². The molecule has 2 rings (SSSR count). The molecular formula is C13H19N3O. The third-order valence-corrected chi connectivity index (χ3v) is 2.72. The molecule has 0 unspecified atom stereocenters. The Hall–Kier alpha value is -1.58. The van der Waals surface area contributed by atoms with Gasteiger partial charge in [-0.3, -0.25) is 4.79 Å². The maximum atomic E-state index is 11.4. The van der Waals surface area contributed by atoms with Gasteiger partial charge in [0.2, 0.25) is 5.91 Å². The molecule has 1 aromatic heterocycles. The third-order valence-electron chi connectivity index (χ3n) is 2.72. The number of aryl methyl sites for hydroxylation is 1. The van der Waals surface area contributed by atoms with Gasteiger partial charge in [0.05, 0.1) is 0 Å². The molecule has 0 aliphatic heterocycles. The first-order valence-corrected chi connectivity index (χ1v) is 6.21. The minimum atomic E-state index is 0.173. The van der Waals surface area contributed by atoms with Crippen LogP contribution in [0.3, 0.4) is 0 Å². The number of nitrogens with zero attached hydrogens (tertiary/aromatic N) is 1. The van der Waals surface area contributed by atoms with Crippen molar-refractivity contribution in [3.63, 3.8) is 0 Å². The Morgan fingerprint density at radius 1 is 1.47 bits per heavy atom. The zero-order valence-corrected chi connectivity index (χ0v) is 10.2. The number of anilines is 1. The van der Waals surface area contributed by atoms with Crippen LogP contribution in [0.1, 0.15) is 31.4 Å². The highest BCUT2D eigenvalue weighted by molar-refractivity contribution is 5.76. The Balaban J connectivity index is 1.60. The fraction of sp³-hybridized carbons (Fsp3) is 0.538. The minimum Gasteiger partial charge on any atom is -0.370 e. The lowest BCUT2D eigenvalue weighted by Crippen LogP contribution is -2.25. The van der Waals surface area contributed by atoms with Crippen LogP contribution in [0, 0.1) is 6.92 Å². The standard InChI is InChI=1S/C13H19N3O/c1-10-4-2-5-12(15-10)14-9-3-6-13(17)16-11-7-8-11/h2,4-5,11H,3,6-9H2,1H3,(H,14,15)(H,16,17). The predicted octanol–water partition coefficient (Wildman–Crippen LogP) is 1.86. The molecule has 0 spiro atoms. The number of aromatic nitrogens is 1. The molecular weight excluding hydrogens is 214 g/mol. The van der Waals surface area contributed by atoms with Crippen molar-refractivity contribution in [3.8, 4) is 0 Å². The molecule has 4 heteroatoms. The summed E-state index contributed by atoms with van der Waals surface area (Å²) in [7, 11) is 0. The molecule has 0 atom stereocenters. The average Bonchev–Trinajstić information content (AvgIpc) is 3.08. The Kier molecular flexibility index (Phi) is 3.96. The number of carbonyl (C=O) groups is 1. The van der Waals surface area contributed by atoms with Gasteiger partial charge in [0.25, 0.3) is 0 Å². The first-order valence-electron chi connectivity index (χ1n) is 6.21. The highest BCUT2D eigenvalue weighted by Gasteiger charge is 2.22. The Morgan fingerprint density at radius 3 is 3.00 bits per heavy atom. The molecule has 0 saturated heterocycles. The number of hydrogen-bond donors (Lipinski definition) is 2. The fourth-order valence-electron chi connectivity index (χ4n) is 1.63. The summed E-state index contributed by atoms with van der Waals surface area (Å²) < 4.78 is 0. The second-order valence-corrected chi connectivity index (χ2v) is 4.54. The van der Waals surface area contributed by atoms with E-state index in [-0.39, 0.29) is 5.91 Å². The van der Waals surface area contributed by atoms with Crippen LogP contribution in [0.4, 0.5) is 5.82 Å². The molecule has 2 N–H and O–H groups in total. The van der Waals surface area contributed by atoms with Crippen LogP contribution < -0.4 is 10.6 Å². The second kappa shape index (κ2) is 5.66. The van der Waals surface area contributed by atoms with Gasteiger partial charge in [-0.15, -0.1) is 0 Å². The van der Waals surface area contributed by atoms with Crippen LogP contribution in [0.15, 0.2) is 18.2 Å². The lowest BCUT2D eigenvalue weighted by Gasteiger charge is -2.06. The molecule has 1 aliphatic carbocycles. The molecule has 1 amide bonds. The molecule has 92 valence electrons. The van der Waals surface area contributed by atoms with Gasteiger partial charge in [-0.1, -0.05) is 6.07 Å². The van der Waals surface area contributed by atoms with Crippen LogP contribution in [-0.4, -0.2) is 23.5 Å². The number of hydrogen-bond acceptors (Lipinski definition) is 3. The molecule has 17 heavy (non-hydrogen) atoms. The second-order valence-electron chi connectivity index (χ2n) is 4.54. The monoisotopic (exact) mass is 233 g/mol. The number of rotatable bonds is 6. The Bertz CT molecular complexity index is 388. The molecule has 0 radical (unpaired) electrons. The smallest absolute Gasteiger partial charge is 0.220 e. The van der Waals surface area contributed by atoms with Crippen molar-refractivity contribution in [1.29, 1.82) is 0 Å². The highest BCUT2D eigenvalue weighted by atomic mass is 16.1. The summed E-state index contributed by atoms with van der Waals surface area (Å²) >= 11 is 0. The SMILES string of the molecule is Cc1cccc(NCCCC(=O)NC2CC2)n1. The zero-order chi connectivity index (χ0) is 12.1. The van der Waals surface area contributed by atoms with Gasteiger partial charge in [0.1, 0.15) is 5.82 Å². The van der Waals surface area contributed by atoms with E-state index >= 15 is 0 Å². The summed E-state index contributed by atoms with van der Waals surface area (Å²) in [6.07, 6.45) is 3.73. The van der Waals surface area contributed by atoms with Gasteiger partial charge in [-0.2, -0.15) is 0 Å². The van der Waals surface area contributed by atoms with E-state index in [1.807, 2.05) is 25.1 Å². The largest absolute Gasteiger partial charge is 0.370 e. The van der Waals surface area contributed by atoms with Crippen molar-refractivity contribution >= 4 is 11.7 Å². The van der Waals surface area contributed by atoms with E-state index in [0.717, 1.165) is 37.3 Å². The lowest BCUT2D eigenvalue weighted by atomic mass is 10.3. The van der Waals surface area contributed by atoms with Gasteiger partial charge >= 0.3 is 0 Å². The first kappa shape index (κ1) is 11.9. The quantitative estimate of drug-likeness (QED) is 0.737. The fourth-order valence-corrected chi connectivity index (χ4v) is 1.63. The molecule has 0 aromatic carbocycles.